The molecule has 0 saturated carbocycles. The Morgan fingerprint density at radius 2 is 2.36 bits per heavy atom. The molecule has 0 saturated heterocycles. The number of carboxylic acids is 1. The summed E-state index contributed by atoms with van der Waals surface area (Å²) in [5, 5.41) is 8.85. The average Bonchev–Trinajstić information content (AvgIpc) is 2.14. The Morgan fingerprint density at radius 3 is 2.93 bits per heavy atom. The summed E-state index contributed by atoms with van der Waals surface area (Å²) in [6, 6.07) is 4.95. The third-order valence-corrected chi connectivity index (χ3v) is 2.20. The number of rotatable bonds is 4. The molecule has 0 aliphatic heterocycles. The molecule has 0 fully saturated rings. The molecule has 0 radical (unpaired) electrons. The molecule has 14 heavy (non-hydrogen) atoms. The van der Waals surface area contributed by atoms with Gasteiger partial charge in [-0.15, -0.1) is 0 Å². The average molecular weight is 304 g/mol. The molecule has 1 aromatic rings. The summed E-state index contributed by atoms with van der Waals surface area (Å²) in [6.45, 7) is 3.80. The number of carbonyl (C=O) groups is 1. The number of benzene rings is 1. The summed E-state index contributed by atoms with van der Waals surface area (Å²) in [7, 11) is 0. The molecule has 1 rings (SSSR count). The van der Waals surface area contributed by atoms with Crippen molar-refractivity contribution < 1.29 is 14.6 Å². The molecule has 0 bridgehead atoms. The molecule has 0 aromatic heterocycles. The molecule has 0 unspecified atom stereocenters. The van der Waals surface area contributed by atoms with Crippen molar-refractivity contribution in [2.75, 3.05) is 6.61 Å². The molecule has 0 atom stereocenters. The van der Waals surface area contributed by atoms with E-state index in [4.69, 9.17) is 9.84 Å². The summed E-state index contributed by atoms with van der Waals surface area (Å²) in [6.07, 6.45) is 1.57. The highest BCUT2D eigenvalue weighted by atomic mass is 127. The van der Waals surface area contributed by atoms with Crippen molar-refractivity contribution in [3.05, 3.63) is 40.0 Å². The third kappa shape index (κ3) is 2.73. The highest BCUT2D eigenvalue weighted by Crippen LogP contribution is 2.21. The topological polar surface area (TPSA) is 46.5 Å². The van der Waals surface area contributed by atoms with Gasteiger partial charge in [-0.2, -0.15) is 0 Å². The first-order chi connectivity index (χ1) is 6.65. The molecule has 3 nitrogen and oxygen atoms in total. The van der Waals surface area contributed by atoms with Crippen LogP contribution in [-0.2, 0) is 0 Å². The summed E-state index contributed by atoms with van der Waals surface area (Å²) >= 11 is 2.10. The predicted molar refractivity (Wildman–Crippen MR) is 61.8 cm³/mol. The molecule has 4 heteroatoms. The van der Waals surface area contributed by atoms with E-state index in [0.717, 1.165) is 3.57 Å². The van der Waals surface area contributed by atoms with Crippen molar-refractivity contribution in [1.29, 1.82) is 0 Å². The number of carboxylic acid groups (broad SMARTS) is 1. The van der Waals surface area contributed by atoms with Crippen LogP contribution in [0, 0.1) is 3.57 Å². The maximum Gasteiger partial charge on any atom is 0.339 e. The number of hydrogen-bond acceptors (Lipinski definition) is 2. The van der Waals surface area contributed by atoms with Crippen LogP contribution >= 0.6 is 22.6 Å². The predicted octanol–water partition coefficient (Wildman–Crippen LogP) is 2.55. The van der Waals surface area contributed by atoms with E-state index in [1.807, 2.05) is 0 Å². The van der Waals surface area contributed by atoms with E-state index in [2.05, 4.69) is 29.2 Å². The summed E-state index contributed by atoms with van der Waals surface area (Å²) in [4.78, 5) is 10.8. The maximum atomic E-state index is 10.8. The van der Waals surface area contributed by atoms with Crippen LogP contribution in [0.25, 0.3) is 0 Å². The van der Waals surface area contributed by atoms with E-state index in [9.17, 15) is 4.79 Å². The Balaban J connectivity index is 3.02. The number of hydrogen-bond donors (Lipinski definition) is 1. The van der Waals surface area contributed by atoms with Crippen molar-refractivity contribution in [3.8, 4) is 5.75 Å². The first-order valence-electron chi connectivity index (χ1n) is 3.91. The lowest BCUT2D eigenvalue weighted by atomic mass is 10.2. The van der Waals surface area contributed by atoms with E-state index in [-0.39, 0.29) is 5.56 Å². The van der Waals surface area contributed by atoms with Crippen LogP contribution in [0.3, 0.4) is 0 Å². The van der Waals surface area contributed by atoms with Crippen molar-refractivity contribution in [2.24, 2.45) is 0 Å². The van der Waals surface area contributed by atoms with Gasteiger partial charge in [0.15, 0.2) is 0 Å². The summed E-state index contributed by atoms with van der Waals surface area (Å²) in [5.74, 6) is -0.607. The Labute approximate surface area is 95.5 Å². The standard InChI is InChI=1S/C10H9IO3/c1-2-5-14-9-6-7(11)3-4-8(9)10(12)13/h2-4,6H,1,5H2,(H,12,13). The highest BCUT2D eigenvalue weighted by Gasteiger charge is 2.10. The fourth-order valence-corrected chi connectivity index (χ4v) is 1.40. The van der Waals surface area contributed by atoms with Crippen LogP contribution in [-0.4, -0.2) is 17.7 Å². The molecule has 0 aliphatic rings. The van der Waals surface area contributed by atoms with Crippen LogP contribution < -0.4 is 4.74 Å². The minimum Gasteiger partial charge on any atom is -0.489 e. The van der Waals surface area contributed by atoms with E-state index >= 15 is 0 Å². The Hall–Kier alpha value is -1.04. The second-order valence-corrected chi connectivity index (χ2v) is 3.79. The van der Waals surface area contributed by atoms with Gasteiger partial charge in [-0.1, -0.05) is 12.7 Å². The molecule has 0 amide bonds. The van der Waals surface area contributed by atoms with Gasteiger partial charge in [0.05, 0.1) is 0 Å². The van der Waals surface area contributed by atoms with Gasteiger partial charge in [0, 0.05) is 3.57 Å². The summed E-state index contributed by atoms with van der Waals surface area (Å²) in [5.41, 5.74) is 0.173. The second kappa shape index (κ2) is 4.99. The van der Waals surface area contributed by atoms with Gasteiger partial charge in [0.1, 0.15) is 17.9 Å². The van der Waals surface area contributed by atoms with E-state index in [1.54, 1.807) is 18.2 Å². The van der Waals surface area contributed by atoms with Crippen LogP contribution in [0.5, 0.6) is 5.75 Å². The SMILES string of the molecule is C=CCOc1cc(I)ccc1C(=O)O. The lowest BCUT2D eigenvalue weighted by Gasteiger charge is -2.07. The van der Waals surface area contributed by atoms with Gasteiger partial charge in [-0.25, -0.2) is 4.79 Å². The van der Waals surface area contributed by atoms with Crippen LogP contribution in [0.4, 0.5) is 0 Å². The quantitative estimate of drug-likeness (QED) is 0.687. The first-order valence-corrected chi connectivity index (χ1v) is 4.99. The maximum absolute atomic E-state index is 10.8. The van der Waals surface area contributed by atoms with Crippen LogP contribution in [0.2, 0.25) is 0 Å². The number of aromatic carboxylic acids is 1. The largest absolute Gasteiger partial charge is 0.489 e. The molecular formula is C10H9IO3. The van der Waals surface area contributed by atoms with Gasteiger partial charge in [-0.05, 0) is 40.8 Å². The monoisotopic (exact) mass is 304 g/mol. The van der Waals surface area contributed by atoms with Crippen molar-refractivity contribution in [2.45, 2.75) is 0 Å². The van der Waals surface area contributed by atoms with E-state index < -0.39 is 5.97 Å². The van der Waals surface area contributed by atoms with Gasteiger partial charge in [-0.3, -0.25) is 0 Å². The number of ether oxygens (including phenoxy) is 1. The molecular weight excluding hydrogens is 295 g/mol. The first kappa shape index (κ1) is 11.0. The van der Waals surface area contributed by atoms with E-state index in [0.29, 0.717) is 12.4 Å². The third-order valence-electron chi connectivity index (χ3n) is 1.53. The van der Waals surface area contributed by atoms with Crippen molar-refractivity contribution in [3.63, 3.8) is 0 Å². The van der Waals surface area contributed by atoms with Gasteiger partial charge in [0.25, 0.3) is 0 Å². The van der Waals surface area contributed by atoms with Crippen LogP contribution in [0.15, 0.2) is 30.9 Å². The fraction of sp³-hybridized carbons (Fsp3) is 0.100. The zero-order valence-corrected chi connectivity index (χ0v) is 9.52. The fourth-order valence-electron chi connectivity index (χ4n) is 0.941. The van der Waals surface area contributed by atoms with Crippen LogP contribution in [0.1, 0.15) is 10.4 Å². The van der Waals surface area contributed by atoms with Crippen molar-refractivity contribution in [1.82, 2.24) is 0 Å². The van der Waals surface area contributed by atoms with E-state index in [1.165, 1.54) is 6.07 Å². The normalized spacial score (nSPS) is 9.50. The van der Waals surface area contributed by atoms with Gasteiger partial charge in [0.2, 0.25) is 0 Å². The molecule has 0 spiro atoms. The highest BCUT2D eigenvalue weighted by molar-refractivity contribution is 14.1. The molecule has 0 heterocycles. The Morgan fingerprint density at radius 1 is 1.64 bits per heavy atom. The molecule has 74 valence electrons. The molecule has 1 N–H and O–H groups in total. The molecule has 0 aliphatic carbocycles. The van der Waals surface area contributed by atoms with Gasteiger partial charge >= 0.3 is 5.97 Å². The Kier molecular flexibility index (Phi) is 3.94. The number of halogens is 1. The zero-order valence-electron chi connectivity index (χ0n) is 7.37. The van der Waals surface area contributed by atoms with Gasteiger partial charge < -0.3 is 9.84 Å². The summed E-state index contributed by atoms with van der Waals surface area (Å²) < 4.78 is 6.16. The minimum absolute atomic E-state index is 0.173. The minimum atomic E-state index is -0.986. The lowest BCUT2D eigenvalue weighted by molar-refractivity contribution is 0.0693. The lowest BCUT2D eigenvalue weighted by Crippen LogP contribution is -2.03. The Bertz CT molecular complexity index is 360. The second-order valence-electron chi connectivity index (χ2n) is 2.55. The molecule has 1 aromatic carbocycles. The smallest absolute Gasteiger partial charge is 0.339 e. The zero-order chi connectivity index (χ0) is 10.6. The van der Waals surface area contributed by atoms with Crippen molar-refractivity contribution >= 4 is 28.6 Å².